The molecule has 1 aromatic carbocycles. The van der Waals surface area contributed by atoms with Gasteiger partial charge in [-0.25, -0.2) is 5.84 Å². The Labute approximate surface area is 113 Å². The smallest absolute Gasteiger partial charge is 0.219 e. The maximum atomic E-state index is 8.90. The molecule has 0 unspecified atom stereocenters. The van der Waals surface area contributed by atoms with E-state index < -0.39 is 0 Å². The van der Waals surface area contributed by atoms with Crippen LogP contribution < -0.4 is 20.7 Å². The van der Waals surface area contributed by atoms with Crippen LogP contribution in [0.3, 0.4) is 0 Å². The number of ether oxygens (including phenoxy) is 2. The van der Waals surface area contributed by atoms with Crippen molar-refractivity contribution in [2.45, 2.75) is 6.61 Å². The SMILES string of the molecule is COc1cc(C#N)cc(OCc2nnc(NN)s2)c1. The van der Waals surface area contributed by atoms with Crippen LogP contribution in [0, 0.1) is 11.3 Å². The lowest BCUT2D eigenvalue weighted by molar-refractivity contribution is 0.302. The van der Waals surface area contributed by atoms with Crippen LogP contribution in [-0.2, 0) is 6.61 Å². The fourth-order valence-electron chi connectivity index (χ4n) is 1.35. The van der Waals surface area contributed by atoms with Crippen molar-refractivity contribution in [1.29, 1.82) is 5.26 Å². The zero-order valence-electron chi connectivity index (χ0n) is 10.1. The monoisotopic (exact) mass is 277 g/mol. The second kappa shape index (κ2) is 5.99. The second-order valence-corrected chi connectivity index (χ2v) is 4.51. The van der Waals surface area contributed by atoms with Gasteiger partial charge in [0.2, 0.25) is 5.13 Å². The van der Waals surface area contributed by atoms with E-state index in [1.807, 2.05) is 6.07 Å². The molecule has 0 bridgehead atoms. The summed E-state index contributed by atoms with van der Waals surface area (Å²) in [5.41, 5.74) is 2.88. The molecular formula is C11H11N5O2S. The van der Waals surface area contributed by atoms with Crippen molar-refractivity contribution in [3.63, 3.8) is 0 Å². The summed E-state index contributed by atoms with van der Waals surface area (Å²) in [6.45, 7) is 0.247. The number of hydrazine groups is 1. The summed E-state index contributed by atoms with van der Waals surface area (Å²) in [5.74, 6) is 6.31. The lowest BCUT2D eigenvalue weighted by atomic mass is 10.2. The average Bonchev–Trinajstić information content (AvgIpc) is 2.92. The predicted octanol–water partition coefficient (Wildman–Crippen LogP) is 1.28. The van der Waals surface area contributed by atoms with Crippen LogP contribution in [0.5, 0.6) is 11.5 Å². The van der Waals surface area contributed by atoms with Gasteiger partial charge in [0.15, 0.2) is 5.01 Å². The Morgan fingerprint density at radius 2 is 2.16 bits per heavy atom. The lowest BCUT2D eigenvalue weighted by Gasteiger charge is -2.06. The van der Waals surface area contributed by atoms with Gasteiger partial charge in [-0.3, -0.25) is 5.43 Å². The normalized spacial score (nSPS) is 9.74. The summed E-state index contributed by atoms with van der Waals surface area (Å²) < 4.78 is 10.6. The molecule has 98 valence electrons. The van der Waals surface area contributed by atoms with Crippen molar-refractivity contribution in [2.24, 2.45) is 5.84 Å². The van der Waals surface area contributed by atoms with Gasteiger partial charge in [-0.1, -0.05) is 11.3 Å². The third kappa shape index (κ3) is 3.31. The highest BCUT2D eigenvalue weighted by atomic mass is 32.1. The van der Waals surface area contributed by atoms with Gasteiger partial charge in [-0.15, -0.1) is 10.2 Å². The Balaban J connectivity index is 2.08. The van der Waals surface area contributed by atoms with E-state index in [4.69, 9.17) is 20.6 Å². The molecule has 7 nitrogen and oxygen atoms in total. The Hall–Kier alpha value is -2.37. The number of methoxy groups -OCH3 is 1. The van der Waals surface area contributed by atoms with Gasteiger partial charge in [0.05, 0.1) is 18.7 Å². The van der Waals surface area contributed by atoms with Crippen LogP contribution in [0.15, 0.2) is 18.2 Å². The molecular weight excluding hydrogens is 266 g/mol. The second-order valence-electron chi connectivity index (χ2n) is 3.44. The maximum absolute atomic E-state index is 8.90. The average molecular weight is 277 g/mol. The first-order chi connectivity index (χ1) is 9.25. The predicted molar refractivity (Wildman–Crippen MR) is 69.8 cm³/mol. The Morgan fingerprint density at radius 3 is 2.79 bits per heavy atom. The van der Waals surface area contributed by atoms with E-state index >= 15 is 0 Å². The quantitative estimate of drug-likeness (QED) is 0.626. The van der Waals surface area contributed by atoms with E-state index in [1.165, 1.54) is 18.4 Å². The molecule has 0 radical (unpaired) electrons. The number of aromatic nitrogens is 2. The van der Waals surface area contributed by atoms with E-state index in [1.54, 1.807) is 18.2 Å². The van der Waals surface area contributed by atoms with Crippen molar-refractivity contribution < 1.29 is 9.47 Å². The number of nitrogens with zero attached hydrogens (tertiary/aromatic N) is 3. The number of nitrogens with one attached hydrogen (secondary N) is 1. The van der Waals surface area contributed by atoms with Gasteiger partial charge in [0.1, 0.15) is 18.1 Å². The van der Waals surface area contributed by atoms with Crippen LogP contribution in [0.25, 0.3) is 0 Å². The number of hydrogen-bond donors (Lipinski definition) is 2. The third-order valence-electron chi connectivity index (χ3n) is 2.20. The molecule has 0 atom stereocenters. The van der Waals surface area contributed by atoms with Gasteiger partial charge in [0.25, 0.3) is 0 Å². The van der Waals surface area contributed by atoms with E-state index in [-0.39, 0.29) is 6.61 Å². The molecule has 0 aliphatic heterocycles. The van der Waals surface area contributed by atoms with E-state index in [9.17, 15) is 0 Å². The van der Waals surface area contributed by atoms with Crippen LogP contribution in [-0.4, -0.2) is 17.3 Å². The highest BCUT2D eigenvalue weighted by Gasteiger charge is 2.06. The molecule has 0 amide bonds. The third-order valence-corrected chi connectivity index (χ3v) is 3.03. The number of hydrogen-bond acceptors (Lipinski definition) is 8. The van der Waals surface area contributed by atoms with Crippen molar-refractivity contribution in [1.82, 2.24) is 10.2 Å². The van der Waals surface area contributed by atoms with E-state index in [2.05, 4.69) is 15.6 Å². The molecule has 0 aliphatic rings. The van der Waals surface area contributed by atoms with Crippen LogP contribution in [0.1, 0.15) is 10.6 Å². The molecule has 2 rings (SSSR count). The molecule has 1 aromatic heterocycles. The Bertz CT molecular complexity index is 607. The highest BCUT2D eigenvalue weighted by molar-refractivity contribution is 7.15. The minimum atomic E-state index is 0.247. The van der Waals surface area contributed by atoms with Gasteiger partial charge in [0, 0.05) is 6.07 Å². The Kier molecular flexibility index (Phi) is 4.12. The van der Waals surface area contributed by atoms with E-state index in [0.717, 1.165) is 0 Å². The number of nitriles is 1. The molecule has 8 heteroatoms. The maximum Gasteiger partial charge on any atom is 0.219 e. The molecule has 1 heterocycles. The number of benzene rings is 1. The largest absolute Gasteiger partial charge is 0.497 e. The first-order valence-corrected chi connectivity index (χ1v) is 6.08. The summed E-state index contributed by atoms with van der Waals surface area (Å²) in [6.07, 6.45) is 0. The summed E-state index contributed by atoms with van der Waals surface area (Å²) in [4.78, 5) is 0. The van der Waals surface area contributed by atoms with Gasteiger partial charge in [-0.2, -0.15) is 5.26 Å². The standard InChI is InChI=1S/C11H11N5O2S/c1-17-8-2-7(5-12)3-9(4-8)18-6-10-15-16-11(14-13)19-10/h2-4H,6,13H2,1H3,(H,14,16). The van der Waals surface area contributed by atoms with Gasteiger partial charge >= 0.3 is 0 Å². The lowest BCUT2D eigenvalue weighted by Crippen LogP contribution is -2.05. The zero-order valence-corrected chi connectivity index (χ0v) is 10.9. The van der Waals surface area contributed by atoms with Crippen molar-refractivity contribution >= 4 is 16.5 Å². The van der Waals surface area contributed by atoms with E-state index in [0.29, 0.717) is 27.2 Å². The summed E-state index contributed by atoms with van der Waals surface area (Å²) in [5, 5.41) is 17.8. The van der Waals surface area contributed by atoms with Crippen LogP contribution in [0.4, 0.5) is 5.13 Å². The number of nitrogens with two attached hydrogens (primary N) is 1. The molecule has 0 aliphatic carbocycles. The van der Waals surface area contributed by atoms with Crippen LogP contribution in [0.2, 0.25) is 0 Å². The van der Waals surface area contributed by atoms with Gasteiger partial charge in [-0.05, 0) is 12.1 Å². The Morgan fingerprint density at radius 1 is 1.37 bits per heavy atom. The molecule has 3 N–H and O–H groups in total. The van der Waals surface area contributed by atoms with Crippen LogP contribution >= 0.6 is 11.3 Å². The summed E-state index contributed by atoms with van der Waals surface area (Å²) >= 11 is 1.29. The number of rotatable bonds is 5. The van der Waals surface area contributed by atoms with Crippen molar-refractivity contribution in [3.8, 4) is 17.6 Å². The molecule has 0 spiro atoms. The molecule has 2 aromatic rings. The molecule has 0 saturated heterocycles. The molecule has 19 heavy (non-hydrogen) atoms. The fourth-order valence-corrected chi connectivity index (χ4v) is 1.92. The first-order valence-electron chi connectivity index (χ1n) is 5.26. The van der Waals surface area contributed by atoms with Crippen molar-refractivity contribution in [2.75, 3.05) is 12.5 Å². The van der Waals surface area contributed by atoms with Crippen molar-refractivity contribution in [3.05, 3.63) is 28.8 Å². The minimum absolute atomic E-state index is 0.247. The zero-order chi connectivity index (χ0) is 13.7. The number of nitrogen functional groups attached to an aromatic ring is 1. The summed E-state index contributed by atoms with van der Waals surface area (Å²) in [7, 11) is 1.53. The molecule has 0 fully saturated rings. The number of anilines is 1. The first kappa shape index (κ1) is 13.1. The molecule has 0 saturated carbocycles. The van der Waals surface area contributed by atoms with Gasteiger partial charge < -0.3 is 9.47 Å². The fraction of sp³-hybridized carbons (Fsp3) is 0.182. The topological polar surface area (TPSA) is 106 Å². The highest BCUT2D eigenvalue weighted by Crippen LogP contribution is 2.24. The summed E-state index contributed by atoms with van der Waals surface area (Å²) in [6, 6.07) is 7.00. The minimum Gasteiger partial charge on any atom is -0.497 e.